The fourth-order valence-electron chi connectivity index (χ4n) is 2.26. The van der Waals surface area contributed by atoms with Gasteiger partial charge in [0.15, 0.2) is 10.8 Å². The highest BCUT2D eigenvalue weighted by Crippen LogP contribution is 2.27. The maximum atomic E-state index is 12.6. The molecule has 2 heterocycles. The van der Waals surface area contributed by atoms with Crippen molar-refractivity contribution in [1.82, 2.24) is 19.9 Å². The van der Waals surface area contributed by atoms with Gasteiger partial charge in [0.2, 0.25) is 0 Å². The molecule has 0 spiro atoms. The number of nitrogens with one attached hydrogen (secondary N) is 2. The van der Waals surface area contributed by atoms with Gasteiger partial charge >= 0.3 is 10.3 Å². The summed E-state index contributed by atoms with van der Waals surface area (Å²) >= 11 is 7.09. The summed E-state index contributed by atoms with van der Waals surface area (Å²) in [6.45, 7) is 0. The molecule has 154 valence electrons. The summed E-state index contributed by atoms with van der Waals surface area (Å²) in [5.41, 5.74) is 5.43. The average Bonchev–Trinajstić information content (AvgIpc) is 3.04. The van der Waals surface area contributed by atoms with Crippen LogP contribution in [0.25, 0.3) is 0 Å². The first-order valence-corrected chi connectivity index (χ1v) is 11.1. The Morgan fingerprint density at radius 2 is 2.29 bits per heavy atom. The van der Waals surface area contributed by atoms with Gasteiger partial charge in [0.25, 0.3) is 11.8 Å². The van der Waals surface area contributed by atoms with Crippen LogP contribution in [0.3, 0.4) is 0 Å². The van der Waals surface area contributed by atoms with E-state index in [1.807, 2.05) is 0 Å². The van der Waals surface area contributed by atoms with Crippen LogP contribution in [0, 0.1) is 0 Å². The number of hydrogen-bond donors (Lipinski definition) is 4. The van der Waals surface area contributed by atoms with Crippen LogP contribution in [0.5, 0.6) is 0 Å². The van der Waals surface area contributed by atoms with Crippen molar-refractivity contribution in [1.29, 1.82) is 0 Å². The minimum Gasteiger partial charge on any atom is -0.398 e. The van der Waals surface area contributed by atoms with E-state index >= 15 is 0 Å². The second kappa shape index (κ2) is 8.99. The molecule has 1 aliphatic heterocycles. The summed E-state index contributed by atoms with van der Waals surface area (Å²) in [4.78, 5) is 33.3. The van der Waals surface area contributed by atoms with Crippen LogP contribution in [-0.2, 0) is 24.7 Å². The molecule has 1 aromatic rings. The Morgan fingerprint density at radius 3 is 2.79 bits per heavy atom. The van der Waals surface area contributed by atoms with Gasteiger partial charge in [0.05, 0.1) is 6.04 Å². The van der Waals surface area contributed by atoms with Crippen molar-refractivity contribution in [2.24, 2.45) is 5.16 Å². The molecule has 0 aliphatic carbocycles. The third-order valence-electron chi connectivity index (χ3n) is 3.46. The van der Waals surface area contributed by atoms with Crippen LogP contribution in [0.15, 0.2) is 10.5 Å². The predicted molar refractivity (Wildman–Crippen MR) is 108 cm³/mol. The van der Waals surface area contributed by atoms with Crippen molar-refractivity contribution >= 4 is 72.6 Å². The molecule has 0 radical (unpaired) electrons. The summed E-state index contributed by atoms with van der Waals surface area (Å²) in [5.74, 6) is -1.81. The molecule has 12 nitrogen and oxygen atoms in total. The fourth-order valence-corrected chi connectivity index (χ4v) is 4.79. The number of rotatable bonds is 7. The lowest BCUT2D eigenvalue weighted by atomic mass is 10.0. The molecule has 1 aromatic heterocycles. The molecule has 0 bridgehead atoms. The molecular formula is C12H16N6O6S4. The minimum absolute atomic E-state index is 0.0105. The SMILES string of the molecule is CNC(=S)SC[C@@H]1[C@H](NC(=O)/C(=N\OC)c2csc(N)n2)C(=O)N1S(=O)(=O)O. The molecule has 2 amide bonds. The summed E-state index contributed by atoms with van der Waals surface area (Å²) in [7, 11) is -2.00. The normalized spacial score (nSPS) is 19.8. The van der Waals surface area contributed by atoms with E-state index in [4.69, 9.17) is 18.0 Å². The zero-order chi connectivity index (χ0) is 21.1. The first-order chi connectivity index (χ1) is 13.1. The first-order valence-electron chi connectivity index (χ1n) is 7.38. The number of amides is 2. The van der Waals surface area contributed by atoms with E-state index in [2.05, 4.69) is 25.6 Å². The molecule has 1 saturated heterocycles. The lowest BCUT2D eigenvalue weighted by Gasteiger charge is -2.44. The van der Waals surface area contributed by atoms with Crippen molar-refractivity contribution in [3.63, 3.8) is 0 Å². The van der Waals surface area contributed by atoms with E-state index in [1.165, 1.54) is 12.5 Å². The van der Waals surface area contributed by atoms with E-state index in [0.29, 0.717) is 4.32 Å². The number of carbonyl (C=O) groups excluding carboxylic acids is 2. The third kappa shape index (κ3) is 4.88. The molecule has 0 saturated carbocycles. The number of carbonyl (C=O) groups is 2. The standard InChI is InChI=1S/C12H16N6O6S4/c1-14-12(25)27-4-6-8(10(20)18(6)28(21,22)23)16-9(19)7(17-24-2)5-3-26-11(13)15-5/h3,6,8H,4H2,1-2H3,(H2,13,15)(H,14,25)(H,16,19)(H,21,22,23)/b17-7-/t6-,8+/m1/s1. The topological polar surface area (TPSA) is 176 Å². The number of β-lactam (4-membered cyclic amide) rings is 1. The molecule has 2 rings (SSSR count). The Kier molecular flexibility index (Phi) is 7.16. The zero-order valence-corrected chi connectivity index (χ0v) is 17.7. The van der Waals surface area contributed by atoms with E-state index in [1.54, 1.807) is 7.05 Å². The number of nitrogen functional groups attached to an aromatic ring is 1. The van der Waals surface area contributed by atoms with Gasteiger partial charge in [-0.15, -0.1) is 11.3 Å². The Labute approximate surface area is 173 Å². The van der Waals surface area contributed by atoms with Crippen molar-refractivity contribution in [2.45, 2.75) is 12.1 Å². The Bertz CT molecular complexity index is 915. The number of nitrogens with two attached hydrogens (primary N) is 1. The minimum atomic E-state index is -4.79. The lowest BCUT2D eigenvalue weighted by molar-refractivity contribution is -0.143. The maximum absolute atomic E-state index is 12.6. The molecule has 5 N–H and O–H groups in total. The Balaban J connectivity index is 2.21. The molecular weight excluding hydrogens is 452 g/mol. The van der Waals surface area contributed by atoms with Crippen LogP contribution in [0.1, 0.15) is 5.69 Å². The van der Waals surface area contributed by atoms with E-state index < -0.39 is 34.2 Å². The van der Waals surface area contributed by atoms with Crippen LogP contribution < -0.4 is 16.4 Å². The molecule has 1 fully saturated rings. The highest BCUT2D eigenvalue weighted by molar-refractivity contribution is 8.23. The maximum Gasteiger partial charge on any atom is 0.362 e. The van der Waals surface area contributed by atoms with E-state index in [-0.39, 0.29) is 26.6 Å². The van der Waals surface area contributed by atoms with Gasteiger partial charge in [-0.1, -0.05) is 29.1 Å². The molecule has 0 unspecified atom stereocenters. The van der Waals surface area contributed by atoms with Gasteiger partial charge in [0, 0.05) is 18.2 Å². The number of oxime groups is 1. The number of anilines is 1. The fraction of sp³-hybridized carbons (Fsp3) is 0.417. The van der Waals surface area contributed by atoms with Gasteiger partial charge in [0.1, 0.15) is 23.2 Å². The van der Waals surface area contributed by atoms with E-state index in [0.717, 1.165) is 23.1 Å². The second-order valence-corrected chi connectivity index (χ2v) is 9.05. The zero-order valence-electron chi connectivity index (χ0n) is 14.5. The van der Waals surface area contributed by atoms with Crippen molar-refractivity contribution in [3.05, 3.63) is 11.1 Å². The summed E-state index contributed by atoms with van der Waals surface area (Å²) in [6, 6.07) is -2.27. The monoisotopic (exact) mass is 468 g/mol. The summed E-state index contributed by atoms with van der Waals surface area (Å²) in [5, 5.41) is 10.3. The molecule has 1 aliphatic rings. The van der Waals surface area contributed by atoms with Crippen LogP contribution >= 0.6 is 35.3 Å². The summed E-state index contributed by atoms with van der Waals surface area (Å²) < 4.78 is 32.8. The first kappa shape index (κ1) is 22.3. The smallest absolute Gasteiger partial charge is 0.362 e. The number of aromatic nitrogens is 1. The number of thiocarbonyl (C=S) groups is 1. The number of hydrogen-bond acceptors (Lipinski definition) is 11. The largest absolute Gasteiger partial charge is 0.398 e. The van der Waals surface area contributed by atoms with Crippen molar-refractivity contribution in [2.75, 3.05) is 25.6 Å². The number of nitrogens with zero attached hydrogens (tertiary/aromatic N) is 3. The van der Waals surface area contributed by atoms with Crippen LogP contribution in [0.4, 0.5) is 5.13 Å². The van der Waals surface area contributed by atoms with E-state index in [9.17, 15) is 22.6 Å². The molecule has 28 heavy (non-hydrogen) atoms. The van der Waals surface area contributed by atoms with Gasteiger partial charge in [-0.05, 0) is 0 Å². The molecule has 0 aromatic carbocycles. The number of thioether (sulfide) groups is 1. The molecule has 2 atom stereocenters. The van der Waals surface area contributed by atoms with Gasteiger partial charge < -0.3 is 21.2 Å². The quantitative estimate of drug-likeness (QED) is 0.124. The average molecular weight is 469 g/mol. The second-order valence-electron chi connectivity index (χ2n) is 5.17. The van der Waals surface area contributed by atoms with Crippen LogP contribution in [0.2, 0.25) is 0 Å². The molecule has 16 heteroatoms. The van der Waals surface area contributed by atoms with Crippen LogP contribution in [-0.4, -0.2) is 76.1 Å². The highest BCUT2D eigenvalue weighted by atomic mass is 32.2. The lowest BCUT2D eigenvalue weighted by Crippen LogP contribution is -2.73. The Hall–Kier alpha value is -2.01. The predicted octanol–water partition coefficient (Wildman–Crippen LogP) is -1.19. The van der Waals surface area contributed by atoms with Gasteiger partial charge in [-0.25, -0.2) is 9.29 Å². The summed E-state index contributed by atoms with van der Waals surface area (Å²) in [6.07, 6.45) is 0. The highest BCUT2D eigenvalue weighted by Gasteiger charge is 2.54. The number of thiazole rings is 1. The third-order valence-corrected chi connectivity index (χ3v) is 6.61. The van der Waals surface area contributed by atoms with Gasteiger partial charge in [-0.3, -0.25) is 14.1 Å². The Morgan fingerprint density at radius 1 is 1.61 bits per heavy atom. The van der Waals surface area contributed by atoms with Gasteiger partial charge in [-0.2, -0.15) is 8.42 Å². The van der Waals surface area contributed by atoms with Crippen molar-refractivity contribution < 1.29 is 27.4 Å². The van der Waals surface area contributed by atoms with Crippen molar-refractivity contribution in [3.8, 4) is 0 Å².